The van der Waals surface area contributed by atoms with Crippen LogP contribution in [0.1, 0.15) is 16.7 Å². The largest absolute Gasteiger partial charge is 0.496 e. The number of aryl methyl sites for hydroxylation is 1. The number of aliphatic carboxylic acids is 1. The minimum Gasteiger partial charge on any atom is -0.496 e. The van der Waals surface area contributed by atoms with Gasteiger partial charge in [-0.3, -0.25) is 0 Å². The Bertz CT molecular complexity index is 1030. The van der Waals surface area contributed by atoms with Gasteiger partial charge in [0.1, 0.15) is 11.5 Å². The number of carboxylic acids is 1. The highest BCUT2D eigenvalue weighted by Crippen LogP contribution is 2.32. The smallest absolute Gasteiger partial charge is 0.341 e. The molecule has 4 nitrogen and oxygen atoms in total. The van der Waals surface area contributed by atoms with Gasteiger partial charge < -0.3 is 14.6 Å². The number of rotatable bonds is 9. The van der Waals surface area contributed by atoms with Crippen LogP contribution >= 0.6 is 11.8 Å². The van der Waals surface area contributed by atoms with Crippen molar-refractivity contribution in [3.63, 3.8) is 0 Å². The Labute approximate surface area is 181 Å². The standard InChI is InChI=1S/C25H24O4S/c1-18-16-20(12-13-23(18)29-17-25(26)27)30-15-14-21(19-8-4-3-5-9-19)22-10-6-7-11-24(22)28-2/h3-14,16H,15,17H2,1-2H3,(H,26,27). The summed E-state index contributed by atoms with van der Waals surface area (Å²) >= 11 is 1.71. The maximum Gasteiger partial charge on any atom is 0.341 e. The van der Waals surface area contributed by atoms with Crippen molar-refractivity contribution in [2.24, 2.45) is 0 Å². The van der Waals surface area contributed by atoms with E-state index < -0.39 is 5.97 Å². The van der Waals surface area contributed by atoms with Crippen molar-refractivity contribution in [3.05, 3.63) is 95.6 Å². The molecule has 0 radical (unpaired) electrons. The second-order valence-corrected chi connectivity index (χ2v) is 7.70. The maximum atomic E-state index is 10.7. The average Bonchev–Trinajstić information content (AvgIpc) is 2.76. The highest BCUT2D eigenvalue weighted by molar-refractivity contribution is 7.99. The first-order valence-electron chi connectivity index (χ1n) is 9.55. The first-order chi connectivity index (χ1) is 14.6. The molecule has 3 rings (SSSR count). The molecule has 0 aromatic heterocycles. The van der Waals surface area contributed by atoms with Gasteiger partial charge in [-0.05, 0) is 47.9 Å². The van der Waals surface area contributed by atoms with Gasteiger partial charge in [-0.2, -0.15) is 0 Å². The first-order valence-corrected chi connectivity index (χ1v) is 10.5. The average molecular weight is 421 g/mol. The van der Waals surface area contributed by atoms with Gasteiger partial charge in [0, 0.05) is 16.2 Å². The summed E-state index contributed by atoms with van der Waals surface area (Å²) in [6, 6.07) is 24.1. The van der Waals surface area contributed by atoms with Crippen LogP contribution in [0.25, 0.3) is 5.57 Å². The lowest BCUT2D eigenvalue weighted by atomic mass is 9.97. The SMILES string of the molecule is COc1ccccc1C(=CCSc1ccc(OCC(=O)O)c(C)c1)c1ccccc1. The number of carboxylic acid groups (broad SMARTS) is 1. The van der Waals surface area contributed by atoms with Crippen LogP contribution in [0, 0.1) is 6.92 Å². The van der Waals surface area contributed by atoms with Gasteiger partial charge in [0.15, 0.2) is 6.61 Å². The Morgan fingerprint density at radius 2 is 1.73 bits per heavy atom. The molecular weight excluding hydrogens is 396 g/mol. The number of hydrogen-bond donors (Lipinski definition) is 1. The summed E-state index contributed by atoms with van der Waals surface area (Å²) in [7, 11) is 1.69. The number of ether oxygens (including phenoxy) is 2. The van der Waals surface area contributed by atoms with E-state index in [1.54, 1.807) is 18.9 Å². The van der Waals surface area contributed by atoms with Crippen LogP contribution in [-0.2, 0) is 4.79 Å². The van der Waals surface area contributed by atoms with Gasteiger partial charge in [0.25, 0.3) is 0 Å². The van der Waals surface area contributed by atoms with Gasteiger partial charge in [0.2, 0.25) is 0 Å². The Hall–Kier alpha value is -3.18. The Kier molecular flexibility index (Phi) is 7.57. The number of carbonyl (C=O) groups is 1. The van der Waals surface area contributed by atoms with Crippen LogP contribution in [0.15, 0.2) is 83.8 Å². The molecule has 0 unspecified atom stereocenters. The minimum atomic E-state index is -0.984. The molecule has 0 bridgehead atoms. The zero-order valence-electron chi connectivity index (χ0n) is 17.0. The molecule has 0 heterocycles. The van der Waals surface area contributed by atoms with Gasteiger partial charge in [-0.15, -0.1) is 11.8 Å². The second kappa shape index (κ2) is 10.6. The maximum absolute atomic E-state index is 10.7. The van der Waals surface area contributed by atoms with E-state index in [1.165, 1.54) is 0 Å². The third-order valence-corrected chi connectivity index (χ3v) is 5.44. The zero-order valence-corrected chi connectivity index (χ0v) is 17.8. The van der Waals surface area contributed by atoms with E-state index in [0.29, 0.717) is 5.75 Å². The summed E-state index contributed by atoms with van der Waals surface area (Å²) in [6.07, 6.45) is 2.21. The number of para-hydroxylation sites is 1. The van der Waals surface area contributed by atoms with E-state index in [1.807, 2.05) is 61.5 Å². The van der Waals surface area contributed by atoms with Gasteiger partial charge in [-0.1, -0.05) is 54.6 Å². The molecule has 5 heteroatoms. The van der Waals surface area contributed by atoms with E-state index >= 15 is 0 Å². The minimum absolute atomic E-state index is 0.338. The molecule has 0 fully saturated rings. The number of benzene rings is 3. The van der Waals surface area contributed by atoms with Crippen LogP contribution in [0.4, 0.5) is 0 Å². The highest BCUT2D eigenvalue weighted by Gasteiger charge is 2.10. The summed E-state index contributed by atoms with van der Waals surface area (Å²) < 4.78 is 10.9. The van der Waals surface area contributed by atoms with Gasteiger partial charge in [0.05, 0.1) is 7.11 Å². The quantitative estimate of drug-likeness (QED) is 0.451. The van der Waals surface area contributed by atoms with Crippen LogP contribution in [-0.4, -0.2) is 30.5 Å². The van der Waals surface area contributed by atoms with Crippen LogP contribution in [0.5, 0.6) is 11.5 Å². The number of hydrogen-bond acceptors (Lipinski definition) is 4. The zero-order chi connectivity index (χ0) is 21.3. The van der Waals surface area contributed by atoms with Crippen molar-refractivity contribution in [1.82, 2.24) is 0 Å². The molecule has 30 heavy (non-hydrogen) atoms. The van der Waals surface area contributed by atoms with Crippen molar-refractivity contribution in [2.45, 2.75) is 11.8 Å². The monoisotopic (exact) mass is 420 g/mol. The first kappa shape index (κ1) is 21.5. The molecule has 3 aromatic rings. The summed E-state index contributed by atoms with van der Waals surface area (Å²) in [5.41, 5.74) is 4.23. The van der Waals surface area contributed by atoms with Crippen molar-refractivity contribution >= 4 is 23.3 Å². The second-order valence-electron chi connectivity index (χ2n) is 6.60. The molecule has 0 aliphatic rings. The molecule has 0 spiro atoms. The van der Waals surface area contributed by atoms with Crippen molar-refractivity contribution in [3.8, 4) is 11.5 Å². The molecule has 0 atom stereocenters. The predicted octanol–water partition coefficient (Wildman–Crippen LogP) is 5.69. The number of methoxy groups -OCH3 is 1. The summed E-state index contributed by atoms with van der Waals surface area (Å²) in [4.78, 5) is 11.8. The summed E-state index contributed by atoms with van der Waals surface area (Å²) in [5.74, 6) is 1.23. The Morgan fingerprint density at radius 1 is 1.00 bits per heavy atom. The summed E-state index contributed by atoms with van der Waals surface area (Å²) in [5, 5.41) is 8.77. The Balaban J connectivity index is 1.80. The molecule has 0 aliphatic carbocycles. The van der Waals surface area contributed by atoms with Crippen molar-refractivity contribution in [2.75, 3.05) is 19.5 Å². The predicted molar refractivity (Wildman–Crippen MR) is 122 cm³/mol. The van der Waals surface area contributed by atoms with Gasteiger partial charge >= 0.3 is 5.97 Å². The molecule has 3 aromatic carbocycles. The fourth-order valence-electron chi connectivity index (χ4n) is 3.10. The third kappa shape index (κ3) is 5.67. The fourth-order valence-corrected chi connectivity index (χ4v) is 3.97. The van der Waals surface area contributed by atoms with E-state index in [0.717, 1.165) is 38.7 Å². The molecule has 0 amide bonds. The van der Waals surface area contributed by atoms with Crippen LogP contribution in [0.3, 0.4) is 0 Å². The van der Waals surface area contributed by atoms with Crippen molar-refractivity contribution < 1.29 is 19.4 Å². The molecular formula is C25H24O4S. The Morgan fingerprint density at radius 3 is 2.43 bits per heavy atom. The van der Waals surface area contributed by atoms with Crippen molar-refractivity contribution in [1.29, 1.82) is 0 Å². The lowest BCUT2D eigenvalue weighted by molar-refractivity contribution is -0.139. The van der Waals surface area contributed by atoms with E-state index in [9.17, 15) is 4.79 Å². The molecule has 0 saturated heterocycles. The molecule has 0 aliphatic heterocycles. The van der Waals surface area contributed by atoms with Gasteiger partial charge in [-0.25, -0.2) is 4.79 Å². The van der Waals surface area contributed by atoms with E-state index in [2.05, 4.69) is 24.3 Å². The number of thioether (sulfide) groups is 1. The highest BCUT2D eigenvalue weighted by atomic mass is 32.2. The van der Waals surface area contributed by atoms with Crippen LogP contribution < -0.4 is 9.47 Å². The fraction of sp³-hybridized carbons (Fsp3) is 0.160. The lowest BCUT2D eigenvalue weighted by Crippen LogP contribution is -2.09. The molecule has 0 saturated carbocycles. The normalized spacial score (nSPS) is 11.2. The van der Waals surface area contributed by atoms with Crippen LogP contribution in [0.2, 0.25) is 0 Å². The summed E-state index contributed by atoms with van der Waals surface area (Å²) in [6.45, 7) is 1.58. The molecule has 154 valence electrons. The lowest BCUT2D eigenvalue weighted by Gasteiger charge is -2.13. The molecule has 1 N–H and O–H groups in total. The van der Waals surface area contributed by atoms with E-state index in [-0.39, 0.29) is 6.61 Å². The third-order valence-electron chi connectivity index (χ3n) is 4.52. The van der Waals surface area contributed by atoms with E-state index in [4.69, 9.17) is 14.6 Å². The topological polar surface area (TPSA) is 55.8 Å².